The summed E-state index contributed by atoms with van der Waals surface area (Å²) in [7, 11) is 0. The number of ether oxygens (including phenoxy) is 1. The van der Waals surface area contributed by atoms with E-state index in [9.17, 15) is 23.9 Å². The van der Waals surface area contributed by atoms with Crippen LogP contribution in [0.1, 0.15) is 43.1 Å². The third-order valence-corrected chi connectivity index (χ3v) is 4.06. The molecule has 0 radical (unpaired) electrons. The summed E-state index contributed by atoms with van der Waals surface area (Å²) in [6, 6.07) is 4.22. The lowest BCUT2D eigenvalue weighted by Gasteiger charge is -2.28. The zero-order valence-electron chi connectivity index (χ0n) is 15.3. The summed E-state index contributed by atoms with van der Waals surface area (Å²) in [5.74, 6) is -2.55. The number of aryl methyl sites for hydroxylation is 1. The summed E-state index contributed by atoms with van der Waals surface area (Å²) in [5.41, 5.74) is -1.91. The maximum atomic E-state index is 14.0. The number of amides is 2. The Labute approximate surface area is 151 Å². The van der Waals surface area contributed by atoms with E-state index in [-0.39, 0.29) is 25.1 Å². The van der Waals surface area contributed by atoms with Crippen molar-refractivity contribution in [3.8, 4) is 0 Å². The van der Waals surface area contributed by atoms with Gasteiger partial charge in [0.1, 0.15) is 11.4 Å². The molecule has 1 aromatic rings. The number of benzene rings is 1. The van der Waals surface area contributed by atoms with E-state index in [1.807, 2.05) is 0 Å². The maximum absolute atomic E-state index is 14.0. The fraction of sp³-hybridized carbons (Fsp3) is 0.500. The number of carboxylic acid groups (broad SMARTS) is 1. The van der Waals surface area contributed by atoms with E-state index >= 15 is 0 Å². The lowest BCUT2D eigenvalue weighted by molar-refractivity contribution is -0.144. The van der Waals surface area contributed by atoms with Crippen LogP contribution < -0.4 is 5.32 Å². The molecule has 0 saturated carbocycles. The number of nitrogens with zero attached hydrogens (tertiary/aromatic N) is 1. The highest BCUT2D eigenvalue weighted by Crippen LogP contribution is 2.25. The summed E-state index contributed by atoms with van der Waals surface area (Å²) in [6.07, 6.45) is -0.878. The van der Waals surface area contributed by atoms with Crippen molar-refractivity contribution in [3.63, 3.8) is 0 Å². The van der Waals surface area contributed by atoms with Crippen molar-refractivity contribution in [1.82, 2.24) is 10.2 Å². The molecule has 1 fully saturated rings. The van der Waals surface area contributed by atoms with Crippen LogP contribution in [0.15, 0.2) is 18.2 Å². The molecule has 1 aliphatic heterocycles. The fourth-order valence-corrected chi connectivity index (χ4v) is 2.78. The number of aliphatic carboxylic acids is 1. The van der Waals surface area contributed by atoms with Gasteiger partial charge in [0, 0.05) is 13.0 Å². The Bertz CT molecular complexity index is 744. The molecule has 0 aromatic heterocycles. The number of halogens is 1. The van der Waals surface area contributed by atoms with Gasteiger partial charge in [-0.3, -0.25) is 4.79 Å². The van der Waals surface area contributed by atoms with Gasteiger partial charge in [-0.1, -0.05) is 6.07 Å². The van der Waals surface area contributed by atoms with Gasteiger partial charge in [0.15, 0.2) is 5.54 Å². The van der Waals surface area contributed by atoms with Gasteiger partial charge in [0.05, 0.1) is 12.1 Å². The highest BCUT2D eigenvalue weighted by molar-refractivity contribution is 5.96. The van der Waals surface area contributed by atoms with Crippen molar-refractivity contribution < 1.29 is 28.6 Å². The molecule has 2 amide bonds. The normalized spacial score (nSPS) is 20.0. The Kier molecular flexibility index (Phi) is 5.25. The Balaban J connectivity index is 2.17. The van der Waals surface area contributed by atoms with E-state index in [0.29, 0.717) is 5.56 Å². The SMILES string of the molecule is Cc1ccc(C(=O)N2CCC(NC(=O)OC(C)(C)C)(C(=O)O)C2)c(F)c1. The Hall–Kier alpha value is -2.64. The fourth-order valence-electron chi connectivity index (χ4n) is 2.78. The topological polar surface area (TPSA) is 95.9 Å². The van der Waals surface area contributed by atoms with Crippen molar-refractivity contribution in [2.75, 3.05) is 13.1 Å². The van der Waals surface area contributed by atoms with E-state index < -0.39 is 34.9 Å². The van der Waals surface area contributed by atoms with Crippen LogP contribution in [0.2, 0.25) is 0 Å². The first kappa shape index (κ1) is 19.7. The number of carbonyl (C=O) groups is 3. The highest BCUT2D eigenvalue weighted by Gasteiger charge is 2.48. The first-order valence-electron chi connectivity index (χ1n) is 8.23. The molecule has 1 aliphatic rings. The zero-order valence-corrected chi connectivity index (χ0v) is 15.3. The molecule has 1 aromatic carbocycles. The lowest BCUT2D eigenvalue weighted by Crippen LogP contribution is -2.57. The highest BCUT2D eigenvalue weighted by atomic mass is 19.1. The minimum atomic E-state index is -1.67. The molecule has 1 atom stereocenters. The van der Waals surface area contributed by atoms with Crippen molar-refractivity contribution in [1.29, 1.82) is 0 Å². The standard InChI is InChI=1S/C18H23FN2O5/c1-11-5-6-12(13(19)9-11)14(22)21-8-7-18(10-21,15(23)24)20-16(25)26-17(2,3)4/h5-6,9H,7-8,10H2,1-4H3,(H,20,25)(H,23,24). The van der Waals surface area contributed by atoms with Gasteiger partial charge in [-0.15, -0.1) is 0 Å². The third kappa shape index (κ3) is 4.30. The quantitative estimate of drug-likeness (QED) is 0.856. The summed E-state index contributed by atoms with van der Waals surface area (Å²) < 4.78 is 19.2. The lowest BCUT2D eigenvalue weighted by atomic mass is 9.99. The second-order valence-electron chi connectivity index (χ2n) is 7.47. The smallest absolute Gasteiger partial charge is 0.408 e. The average Bonchev–Trinajstić information content (AvgIpc) is 2.90. The van der Waals surface area contributed by atoms with E-state index in [0.717, 1.165) is 0 Å². The Morgan fingerprint density at radius 3 is 2.50 bits per heavy atom. The van der Waals surface area contributed by atoms with Crippen LogP contribution in [0, 0.1) is 12.7 Å². The minimum Gasteiger partial charge on any atom is -0.479 e. The van der Waals surface area contributed by atoms with Crippen molar-refractivity contribution >= 4 is 18.0 Å². The number of hydrogen-bond acceptors (Lipinski definition) is 4. The molecule has 26 heavy (non-hydrogen) atoms. The Morgan fingerprint density at radius 2 is 1.96 bits per heavy atom. The largest absolute Gasteiger partial charge is 0.479 e. The number of likely N-dealkylation sites (tertiary alicyclic amines) is 1. The molecule has 0 aliphatic carbocycles. The van der Waals surface area contributed by atoms with Crippen LogP contribution in [-0.4, -0.2) is 52.2 Å². The molecule has 142 valence electrons. The predicted octanol–water partition coefficient (Wildman–Crippen LogP) is 2.33. The van der Waals surface area contributed by atoms with E-state index in [4.69, 9.17) is 4.74 Å². The van der Waals surface area contributed by atoms with Gasteiger partial charge in [-0.05, 0) is 45.4 Å². The van der Waals surface area contributed by atoms with Gasteiger partial charge in [0.2, 0.25) is 0 Å². The van der Waals surface area contributed by atoms with Crippen LogP contribution in [0.3, 0.4) is 0 Å². The van der Waals surface area contributed by atoms with Crippen molar-refractivity contribution in [2.24, 2.45) is 0 Å². The van der Waals surface area contributed by atoms with Gasteiger partial charge in [-0.25, -0.2) is 14.0 Å². The molecule has 1 unspecified atom stereocenters. The minimum absolute atomic E-state index is 0.000790. The number of carbonyl (C=O) groups excluding carboxylic acids is 2. The monoisotopic (exact) mass is 366 g/mol. The zero-order chi connectivity index (χ0) is 19.7. The molecule has 7 nitrogen and oxygen atoms in total. The second-order valence-corrected chi connectivity index (χ2v) is 7.47. The maximum Gasteiger partial charge on any atom is 0.408 e. The molecule has 1 saturated heterocycles. The average molecular weight is 366 g/mol. The summed E-state index contributed by atoms with van der Waals surface area (Å²) in [6.45, 7) is 6.48. The third-order valence-electron chi connectivity index (χ3n) is 4.06. The molecular formula is C18H23FN2O5. The first-order chi connectivity index (χ1) is 11.9. The first-order valence-corrected chi connectivity index (χ1v) is 8.23. The van der Waals surface area contributed by atoms with Gasteiger partial charge in [0.25, 0.3) is 5.91 Å². The predicted molar refractivity (Wildman–Crippen MR) is 91.4 cm³/mol. The second kappa shape index (κ2) is 6.93. The van der Waals surface area contributed by atoms with E-state index in [1.165, 1.54) is 17.0 Å². The molecule has 0 spiro atoms. The van der Waals surface area contributed by atoms with Crippen LogP contribution in [0.5, 0.6) is 0 Å². The van der Waals surface area contributed by atoms with Crippen LogP contribution >= 0.6 is 0 Å². The molecule has 2 N–H and O–H groups in total. The van der Waals surface area contributed by atoms with Crippen molar-refractivity contribution in [3.05, 3.63) is 35.1 Å². The number of carboxylic acids is 1. The number of alkyl carbamates (subject to hydrolysis) is 1. The Morgan fingerprint density at radius 1 is 1.31 bits per heavy atom. The van der Waals surface area contributed by atoms with Crippen LogP contribution in [0.25, 0.3) is 0 Å². The molecule has 8 heteroatoms. The van der Waals surface area contributed by atoms with Gasteiger partial charge < -0.3 is 20.1 Å². The van der Waals surface area contributed by atoms with E-state index in [1.54, 1.807) is 33.8 Å². The summed E-state index contributed by atoms with van der Waals surface area (Å²) in [4.78, 5) is 37.5. The van der Waals surface area contributed by atoms with Crippen LogP contribution in [0.4, 0.5) is 9.18 Å². The van der Waals surface area contributed by atoms with Crippen molar-refractivity contribution in [2.45, 2.75) is 45.3 Å². The van der Waals surface area contributed by atoms with Crippen LogP contribution in [-0.2, 0) is 9.53 Å². The molecule has 0 bridgehead atoms. The van der Waals surface area contributed by atoms with Gasteiger partial charge >= 0.3 is 12.1 Å². The van der Waals surface area contributed by atoms with E-state index in [2.05, 4.69) is 5.32 Å². The number of nitrogens with one attached hydrogen (secondary N) is 1. The molecular weight excluding hydrogens is 343 g/mol. The number of rotatable bonds is 3. The summed E-state index contributed by atoms with van der Waals surface area (Å²) >= 11 is 0. The van der Waals surface area contributed by atoms with Gasteiger partial charge in [-0.2, -0.15) is 0 Å². The summed E-state index contributed by atoms with van der Waals surface area (Å²) in [5, 5.41) is 11.9. The number of hydrogen-bond donors (Lipinski definition) is 2. The molecule has 1 heterocycles. The molecule has 2 rings (SSSR count).